The van der Waals surface area contributed by atoms with Gasteiger partial charge in [0.2, 0.25) is 5.91 Å². The fourth-order valence-corrected chi connectivity index (χ4v) is 3.31. The minimum absolute atomic E-state index is 0.0284. The Morgan fingerprint density at radius 1 is 1.15 bits per heavy atom. The highest BCUT2D eigenvalue weighted by Gasteiger charge is 2.25. The van der Waals surface area contributed by atoms with E-state index in [1.807, 2.05) is 30.3 Å². The smallest absolute Gasteiger partial charge is 0.228 e. The van der Waals surface area contributed by atoms with Crippen LogP contribution >= 0.6 is 0 Å². The zero-order chi connectivity index (χ0) is 18.2. The summed E-state index contributed by atoms with van der Waals surface area (Å²) in [5.41, 5.74) is 7.52. The van der Waals surface area contributed by atoms with Crippen LogP contribution < -0.4 is 15.8 Å². The number of likely N-dealkylation sites (tertiary alicyclic amines) is 1. The van der Waals surface area contributed by atoms with E-state index in [1.165, 1.54) is 5.56 Å². The third-order valence-corrected chi connectivity index (χ3v) is 4.63. The molecule has 138 valence electrons. The monoisotopic (exact) mass is 353 g/mol. The zero-order valence-corrected chi connectivity index (χ0v) is 15.1. The molecule has 0 aromatic heterocycles. The molecule has 5 nitrogen and oxygen atoms in total. The number of nitrogens with two attached hydrogens (primary N) is 1. The number of carbonyl (C=O) groups is 1. The van der Waals surface area contributed by atoms with E-state index in [-0.39, 0.29) is 11.8 Å². The van der Waals surface area contributed by atoms with E-state index in [0.717, 1.165) is 43.9 Å². The molecule has 3 rings (SSSR count). The summed E-state index contributed by atoms with van der Waals surface area (Å²) < 4.78 is 5.46. The second kappa shape index (κ2) is 9.36. The fraction of sp³-hybridized carbons (Fsp3) is 0.381. The van der Waals surface area contributed by atoms with E-state index in [1.54, 1.807) is 0 Å². The first-order valence-corrected chi connectivity index (χ1v) is 9.24. The Bertz CT molecular complexity index is 688. The first-order chi connectivity index (χ1) is 12.7. The van der Waals surface area contributed by atoms with Gasteiger partial charge in [0.1, 0.15) is 12.4 Å². The lowest BCUT2D eigenvalue weighted by Gasteiger charge is -2.32. The molecule has 26 heavy (non-hydrogen) atoms. The van der Waals surface area contributed by atoms with Crippen molar-refractivity contribution in [1.82, 2.24) is 4.90 Å². The lowest BCUT2D eigenvalue weighted by molar-refractivity contribution is -0.121. The van der Waals surface area contributed by atoms with Crippen molar-refractivity contribution in [3.8, 4) is 5.75 Å². The predicted molar refractivity (Wildman–Crippen MR) is 104 cm³/mol. The number of carbonyl (C=O) groups excluding carboxylic acids is 1. The first kappa shape index (κ1) is 18.4. The Labute approximate surface area is 155 Å². The molecule has 1 fully saturated rings. The van der Waals surface area contributed by atoms with Crippen LogP contribution in [0.25, 0.3) is 0 Å². The van der Waals surface area contributed by atoms with E-state index < -0.39 is 0 Å². The fourth-order valence-electron chi connectivity index (χ4n) is 3.31. The largest absolute Gasteiger partial charge is 0.492 e. The van der Waals surface area contributed by atoms with Gasteiger partial charge in [-0.15, -0.1) is 0 Å². The Morgan fingerprint density at radius 2 is 1.92 bits per heavy atom. The van der Waals surface area contributed by atoms with Gasteiger partial charge < -0.3 is 15.8 Å². The number of hydrogen-bond acceptors (Lipinski definition) is 4. The maximum Gasteiger partial charge on any atom is 0.228 e. The number of nitrogens with one attached hydrogen (secondary N) is 1. The number of anilines is 1. The standard InChI is InChI=1S/C21H27N3O2/c22-12-14-26-20-10-8-19(9-11-20)23-21(25)18-7-4-13-24(16-18)15-17-5-2-1-3-6-17/h1-3,5-6,8-11,18H,4,7,12-16,22H2,(H,23,25). The Hall–Kier alpha value is -2.37. The highest BCUT2D eigenvalue weighted by molar-refractivity contribution is 5.92. The second-order valence-corrected chi connectivity index (χ2v) is 6.71. The summed E-state index contributed by atoms with van der Waals surface area (Å²) in [4.78, 5) is 15.0. The molecule has 2 aromatic carbocycles. The quantitative estimate of drug-likeness (QED) is 0.803. The molecular formula is C21H27N3O2. The van der Waals surface area contributed by atoms with Gasteiger partial charge in [0, 0.05) is 25.3 Å². The summed E-state index contributed by atoms with van der Waals surface area (Å²) in [6, 6.07) is 17.9. The van der Waals surface area contributed by atoms with Crippen LogP contribution in [0.1, 0.15) is 18.4 Å². The number of hydrogen-bond donors (Lipinski definition) is 2. The van der Waals surface area contributed by atoms with Crippen LogP contribution in [-0.2, 0) is 11.3 Å². The van der Waals surface area contributed by atoms with Crippen LogP contribution in [-0.4, -0.2) is 37.0 Å². The lowest BCUT2D eigenvalue weighted by Crippen LogP contribution is -2.40. The number of piperidine rings is 1. The van der Waals surface area contributed by atoms with Gasteiger partial charge >= 0.3 is 0 Å². The van der Waals surface area contributed by atoms with Crippen molar-refractivity contribution in [2.45, 2.75) is 19.4 Å². The molecule has 1 saturated heterocycles. The molecule has 0 spiro atoms. The van der Waals surface area contributed by atoms with Crippen LogP contribution in [0.5, 0.6) is 5.75 Å². The Balaban J connectivity index is 1.52. The van der Waals surface area contributed by atoms with E-state index in [2.05, 4.69) is 34.5 Å². The van der Waals surface area contributed by atoms with Crippen molar-refractivity contribution in [1.29, 1.82) is 0 Å². The van der Waals surface area contributed by atoms with Gasteiger partial charge in [-0.3, -0.25) is 9.69 Å². The molecule has 0 saturated carbocycles. The zero-order valence-electron chi connectivity index (χ0n) is 15.1. The van der Waals surface area contributed by atoms with E-state index >= 15 is 0 Å². The highest BCUT2D eigenvalue weighted by Crippen LogP contribution is 2.21. The van der Waals surface area contributed by atoms with Gasteiger partial charge in [-0.1, -0.05) is 30.3 Å². The van der Waals surface area contributed by atoms with Crippen molar-refractivity contribution < 1.29 is 9.53 Å². The average molecular weight is 353 g/mol. The molecule has 0 bridgehead atoms. The van der Waals surface area contributed by atoms with E-state index in [0.29, 0.717) is 13.2 Å². The summed E-state index contributed by atoms with van der Waals surface area (Å²) in [6.07, 6.45) is 1.99. The number of benzene rings is 2. The molecule has 2 aromatic rings. The Kier molecular flexibility index (Phi) is 6.63. The minimum Gasteiger partial charge on any atom is -0.492 e. The van der Waals surface area contributed by atoms with Crippen molar-refractivity contribution in [3.63, 3.8) is 0 Å². The van der Waals surface area contributed by atoms with Gasteiger partial charge in [-0.2, -0.15) is 0 Å². The van der Waals surface area contributed by atoms with Crippen LogP contribution in [0.4, 0.5) is 5.69 Å². The SMILES string of the molecule is NCCOc1ccc(NC(=O)C2CCCN(Cc3ccccc3)C2)cc1. The third-order valence-electron chi connectivity index (χ3n) is 4.63. The molecule has 0 aliphatic carbocycles. The Morgan fingerprint density at radius 3 is 2.65 bits per heavy atom. The summed E-state index contributed by atoms with van der Waals surface area (Å²) >= 11 is 0. The highest BCUT2D eigenvalue weighted by atomic mass is 16.5. The third kappa shape index (κ3) is 5.31. The van der Waals surface area contributed by atoms with Crippen LogP contribution in [0.3, 0.4) is 0 Å². The predicted octanol–water partition coefficient (Wildman–Crippen LogP) is 2.87. The molecule has 0 radical (unpaired) electrons. The summed E-state index contributed by atoms with van der Waals surface area (Å²) in [5, 5.41) is 3.03. The molecule has 1 aliphatic rings. The van der Waals surface area contributed by atoms with Gasteiger partial charge in [0.25, 0.3) is 0 Å². The molecule has 5 heteroatoms. The van der Waals surface area contributed by atoms with Gasteiger partial charge in [-0.05, 0) is 49.2 Å². The summed E-state index contributed by atoms with van der Waals surface area (Å²) in [6.45, 7) is 3.73. The maximum absolute atomic E-state index is 12.6. The van der Waals surface area contributed by atoms with Gasteiger partial charge in [0.15, 0.2) is 0 Å². The van der Waals surface area contributed by atoms with Crippen molar-refractivity contribution in [2.75, 3.05) is 31.6 Å². The van der Waals surface area contributed by atoms with Crippen molar-refractivity contribution >= 4 is 11.6 Å². The van der Waals surface area contributed by atoms with Crippen LogP contribution in [0, 0.1) is 5.92 Å². The summed E-state index contributed by atoms with van der Waals surface area (Å²) in [5.74, 6) is 0.888. The average Bonchev–Trinajstić information content (AvgIpc) is 2.68. The van der Waals surface area contributed by atoms with Gasteiger partial charge in [-0.25, -0.2) is 0 Å². The topological polar surface area (TPSA) is 67.6 Å². The normalized spacial score (nSPS) is 17.7. The molecule has 1 heterocycles. The van der Waals surface area contributed by atoms with Crippen LogP contribution in [0.2, 0.25) is 0 Å². The number of nitrogens with zero attached hydrogens (tertiary/aromatic N) is 1. The molecule has 1 amide bonds. The maximum atomic E-state index is 12.6. The number of amides is 1. The summed E-state index contributed by atoms with van der Waals surface area (Å²) in [7, 11) is 0. The van der Waals surface area contributed by atoms with Crippen LogP contribution in [0.15, 0.2) is 54.6 Å². The molecular weight excluding hydrogens is 326 g/mol. The minimum atomic E-state index is 0.0284. The molecule has 1 atom stereocenters. The molecule has 1 aliphatic heterocycles. The second-order valence-electron chi connectivity index (χ2n) is 6.71. The van der Waals surface area contributed by atoms with Crippen molar-refractivity contribution in [3.05, 3.63) is 60.2 Å². The van der Waals surface area contributed by atoms with E-state index in [4.69, 9.17) is 10.5 Å². The molecule has 3 N–H and O–H groups in total. The van der Waals surface area contributed by atoms with E-state index in [9.17, 15) is 4.79 Å². The first-order valence-electron chi connectivity index (χ1n) is 9.24. The lowest BCUT2D eigenvalue weighted by atomic mass is 9.96. The van der Waals surface area contributed by atoms with Gasteiger partial charge in [0.05, 0.1) is 5.92 Å². The number of rotatable bonds is 7. The van der Waals surface area contributed by atoms with Crippen molar-refractivity contribution in [2.24, 2.45) is 11.7 Å². The molecule has 1 unspecified atom stereocenters. The number of ether oxygens (including phenoxy) is 1.